The van der Waals surface area contributed by atoms with Gasteiger partial charge in [-0.05, 0) is 25.4 Å². The fourth-order valence-electron chi connectivity index (χ4n) is 1.06. The Bertz CT molecular complexity index is 79.0. The minimum atomic E-state index is 0.357. The van der Waals surface area contributed by atoms with Crippen LogP contribution >= 0.6 is 19.2 Å². The third-order valence-electron chi connectivity index (χ3n) is 1.17. The van der Waals surface area contributed by atoms with Crippen LogP contribution in [0.1, 0.15) is 34.1 Å². The topological polar surface area (TPSA) is 0 Å². The summed E-state index contributed by atoms with van der Waals surface area (Å²) >= 11 is 5.77. The summed E-state index contributed by atoms with van der Waals surface area (Å²) in [6.07, 6.45) is 1.23. The van der Waals surface area contributed by atoms with E-state index in [0.717, 1.165) is 5.92 Å². The Morgan fingerprint density at radius 3 is 2.00 bits per heavy atom. The largest absolute Gasteiger partial charge is 0.0995 e. The van der Waals surface area contributed by atoms with Crippen LogP contribution in [0.4, 0.5) is 0 Å². The van der Waals surface area contributed by atoms with Gasteiger partial charge in [-0.2, -0.15) is 0 Å². The highest BCUT2D eigenvalue weighted by atomic mass is 35.7. The third kappa shape index (κ3) is 5.18. The molecule has 0 aliphatic carbocycles. The van der Waals surface area contributed by atoms with Crippen molar-refractivity contribution in [3.63, 3.8) is 0 Å². The molecule has 0 nitrogen and oxygen atoms in total. The van der Waals surface area contributed by atoms with E-state index in [0.29, 0.717) is 13.1 Å². The van der Waals surface area contributed by atoms with Gasteiger partial charge in [0.1, 0.15) is 0 Å². The molecule has 0 heterocycles. The molecule has 1 unspecified atom stereocenters. The molecule has 0 aliphatic heterocycles. The molecule has 0 fully saturated rings. The van der Waals surface area contributed by atoms with Gasteiger partial charge >= 0.3 is 0 Å². The van der Waals surface area contributed by atoms with E-state index in [1.54, 1.807) is 0 Å². The molecule has 9 heavy (non-hydrogen) atoms. The molecule has 56 valence electrons. The average molecular weight is 167 g/mol. The Labute approximate surface area is 64.9 Å². The van der Waals surface area contributed by atoms with Crippen molar-refractivity contribution in [3.8, 4) is 0 Å². The standard InChI is InChI=1S/C7H16ClP/c1-6(2)5-7(3,4)9-8/h6,9H,5H2,1-4H3. The van der Waals surface area contributed by atoms with Crippen molar-refractivity contribution in [2.75, 3.05) is 0 Å². The average Bonchev–Trinajstić information content (AvgIpc) is 1.63. The van der Waals surface area contributed by atoms with Crippen LogP contribution < -0.4 is 0 Å². The molecule has 0 saturated heterocycles. The molecule has 1 atom stereocenters. The highest BCUT2D eigenvalue weighted by molar-refractivity contribution is 7.69. The quantitative estimate of drug-likeness (QED) is 0.562. The van der Waals surface area contributed by atoms with Crippen LogP contribution in [0.2, 0.25) is 0 Å². The van der Waals surface area contributed by atoms with E-state index in [-0.39, 0.29) is 0 Å². The maximum atomic E-state index is 5.77. The fraction of sp³-hybridized carbons (Fsp3) is 1.00. The van der Waals surface area contributed by atoms with Gasteiger partial charge in [0.05, 0.1) is 0 Å². The predicted molar refractivity (Wildman–Crippen MR) is 47.7 cm³/mol. The van der Waals surface area contributed by atoms with Gasteiger partial charge in [-0.15, -0.1) is 0 Å². The van der Waals surface area contributed by atoms with Gasteiger partial charge in [0.25, 0.3) is 0 Å². The first kappa shape index (κ1) is 9.72. The summed E-state index contributed by atoms with van der Waals surface area (Å²) in [5, 5.41) is 0.357. The van der Waals surface area contributed by atoms with E-state index in [1.165, 1.54) is 6.42 Å². The Morgan fingerprint density at radius 1 is 1.44 bits per heavy atom. The van der Waals surface area contributed by atoms with Gasteiger partial charge in [-0.3, -0.25) is 0 Å². The van der Waals surface area contributed by atoms with Gasteiger partial charge < -0.3 is 0 Å². The number of halogens is 1. The van der Waals surface area contributed by atoms with Gasteiger partial charge in [-0.25, -0.2) is 0 Å². The summed E-state index contributed by atoms with van der Waals surface area (Å²) in [6.45, 7) is 8.91. The highest BCUT2D eigenvalue weighted by Crippen LogP contribution is 2.39. The number of hydrogen-bond acceptors (Lipinski definition) is 0. The summed E-state index contributed by atoms with van der Waals surface area (Å²) in [7, 11) is 0.549. The monoisotopic (exact) mass is 166 g/mol. The molecule has 2 heteroatoms. The second-order valence-corrected chi connectivity index (χ2v) is 5.69. The zero-order chi connectivity index (χ0) is 7.49. The summed E-state index contributed by atoms with van der Waals surface area (Å²) < 4.78 is 0. The summed E-state index contributed by atoms with van der Waals surface area (Å²) in [4.78, 5) is 0. The van der Waals surface area contributed by atoms with E-state index in [4.69, 9.17) is 11.2 Å². The maximum absolute atomic E-state index is 5.77. The van der Waals surface area contributed by atoms with Gasteiger partial charge in [0, 0.05) is 0 Å². The van der Waals surface area contributed by atoms with Gasteiger partial charge in [0.2, 0.25) is 0 Å². The first-order chi connectivity index (χ1) is 3.98. The van der Waals surface area contributed by atoms with Crippen molar-refractivity contribution >= 4 is 19.2 Å². The van der Waals surface area contributed by atoms with Crippen molar-refractivity contribution < 1.29 is 0 Å². The van der Waals surface area contributed by atoms with Crippen LogP contribution in [0.5, 0.6) is 0 Å². The van der Waals surface area contributed by atoms with Gasteiger partial charge in [0.15, 0.2) is 0 Å². The lowest BCUT2D eigenvalue weighted by atomic mass is 10.0. The molecule has 0 aromatic carbocycles. The predicted octanol–water partition coefficient (Wildman–Crippen LogP) is 3.64. The van der Waals surface area contributed by atoms with Crippen LogP contribution in [-0.2, 0) is 0 Å². The lowest BCUT2D eigenvalue weighted by molar-refractivity contribution is 0.501. The lowest BCUT2D eigenvalue weighted by Gasteiger charge is -2.22. The van der Waals surface area contributed by atoms with E-state index in [1.807, 2.05) is 0 Å². The Hall–Kier alpha value is 0.720. The smallest absolute Gasteiger partial charge is 0.00376 e. The van der Waals surface area contributed by atoms with E-state index >= 15 is 0 Å². The Kier molecular flexibility index (Phi) is 4.09. The van der Waals surface area contributed by atoms with Crippen molar-refractivity contribution in [3.05, 3.63) is 0 Å². The zero-order valence-corrected chi connectivity index (χ0v) is 8.42. The van der Waals surface area contributed by atoms with Crippen LogP contribution in [0, 0.1) is 5.92 Å². The van der Waals surface area contributed by atoms with Crippen molar-refractivity contribution in [1.82, 2.24) is 0 Å². The minimum Gasteiger partial charge on any atom is -0.0995 e. The SMILES string of the molecule is CC(C)CC(C)(C)PCl. The second-order valence-electron chi connectivity index (χ2n) is 3.58. The van der Waals surface area contributed by atoms with Crippen LogP contribution in [-0.4, -0.2) is 5.16 Å². The molecule has 0 amide bonds. The molecule has 0 aromatic heterocycles. The lowest BCUT2D eigenvalue weighted by Crippen LogP contribution is -2.13. The van der Waals surface area contributed by atoms with Crippen LogP contribution in [0.25, 0.3) is 0 Å². The molecule has 0 saturated carbocycles. The Morgan fingerprint density at radius 2 is 1.89 bits per heavy atom. The van der Waals surface area contributed by atoms with Crippen molar-refractivity contribution in [2.24, 2.45) is 5.92 Å². The van der Waals surface area contributed by atoms with Gasteiger partial charge in [-0.1, -0.05) is 38.9 Å². The normalized spacial score (nSPS) is 14.0. The molecule has 0 aliphatic rings. The van der Waals surface area contributed by atoms with Crippen LogP contribution in [0.15, 0.2) is 0 Å². The van der Waals surface area contributed by atoms with Crippen molar-refractivity contribution in [1.29, 1.82) is 0 Å². The molecular formula is C7H16ClP. The first-order valence-electron chi connectivity index (χ1n) is 3.36. The molecule has 0 N–H and O–H groups in total. The van der Waals surface area contributed by atoms with E-state index in [9.17, 15) is 0 Å². The fourth-order valence-corrected chi connectivity index (χ4v) is 1.78. The summed E-state index contributed by atoms with van der Waals surface area (Å²) in [6, 6.07) is 0. The zero-order valence-electron chi connectivity index (χ0n) is 6.66. The minimum absolute atomic E-state index is 0.357. The second kappa shape index (κ2) is 3.78. The van der Waals surface area contributed by atoms with Crippen LogP contribution in [0.3, 0.4) is 0 Å². The molecule has 0 rings (SSSR count). The van der Waals surface area contributed by atoms with Crippen molar-refractivity contribution in [2.45, 2.75) is 39.3 Å². The Balaban J connectivity index is 3.58. The maximum Gasteiger partial charge on any atom is -0.00376 e. The van der Waals surface area contributed by atoms with E-state index < -0.39 is 0 Å². The molecule has 0 aromatic rings. The van der Waals surface area contributed by atoms with E-state index in [2.05, 4.69) is 27.7 Å². The summed E-state index contributed by atoms with van der Waals surface area (Å²) in [5.41, 5.74) is 0. The molecule has 0 radical (unpaired) electrons. The summed E-state index contributed by atoms with van der Waals surface area (Å²) in [5.74, 6) is 0.770. The first-order valence-corrected chi connectivity index (χ1v) is 5.37. The number of hydrogen-bond donors (Lipinski definition) is 0. The molecule has 0 spiro atoms. The highest BCUT2D eigenvalue weighted by Gasteiger charge is 2.17. The number of rotatable bonds is 3. The third-order valence-corrected chi connectivity index (χ3v) is 3.42. The molecular weight excluding hydrogens is 151 g/mol. The molecule has 0 bridgehead atoms.